The van der Waals surface area contributed by atoms with E-state index in [1.165, 1.54) is 9.80 Å². The summed E-state index contributed by atoms with van der Waals surface area (Å²) >= 11 is 0. The predicted molar refractivity (Wildman–Crippen MR) is 65.1 cm³/mol. The van der Waals surface area contributed by atoms with Crippen molar-refractivity contribution in [3.05, 3.63) is 0 Å². The van der Waals surface area contributed by atoms with Gasteiger partial charge in [-0.2, -0.15) is 0 Å². The van der Waals surface area contributed by atoms with Crippen molar-refractivity contribution in [1.29, 1.82) is 0 Å². The van der Waals surface area contributed by atoms with Crippen molar-refractivity contribution >= 4 is 23.6 Å². The van der Waals surface area contributed by atoms with E-state index in [-0.39, 0.29) is 56.7 Å². The van der Waals surface area contributed by atoms with Crippen LogP contribution >= 0.6 is 0 Å². The summed E-state index contributed by atoms with van der Waals surface area (Å²) in [6.07, 6.45) is 0.0230. The van der Waals surface area contributed by atoms with Gasteiger partial charge in [0.2, 0.25) is 11.8 Å². The number of carbonyl (C=O) groups is 4. The van der Waals surface area contributed by atoms with Gasteiger partial charge in [0.25, 0.3) is 0 Å². The molecule has 0 atom stereocenters. The van der Waals surface area contributed by atoms with Crippen LogP contribution in [0.1, 0.15) is 19.8 Å². The van der Waals surface area contributed by atoms with Crippen LogP contribution in [0.15, 0.2) is 0 Å². The summed E-state index contributed by atoms with van der Waals surface area (Å²) in [4.78, 5) is 48.3. The van der Waals surface area contributed by atoms with E-state index in [0.29, 0.717) is 0 Å². The van der Waals surface area contributed by atoms with Crippen molar-refractivity contribution in [2.24, 2.45) is 0 Å². The molecule has 0 bridgehead atoms. The van der Waals surface area contributed by atoms with Gasteiger partial charge >= 0.3 is 5.97 Å². The molecule has 0 aromatic heterocycles. The number of Topliss-reactive ketones (excluding diaryl/α,β-unsaturated/α-hetero) is 1. The highest BCUT2D eigenvalue weighted by Crippen LogP contribution is 2.04. The second-order valence-corrected chi connectivity index (χ2v) is 4.34. The van der Waals surface area contributed by atoms with Gasteiger partial charge in [0.1, 0.15) is 6.54 Å². The normalized spacial score (nSPS) is 15.7. The molecular formula is C12H18N2O5. The van der Waals surface area contributed by atoms with E-state index in [9.17, 15) is 19.2 Å². The number of amides is 2. The maximum absolute atomic E-state index is 11.6. The van der Waals surface area contributed by atoms with Crippen molar-refractivity contribution in [1.82, 2.24) is 9.80 Å². The number of nitrogens with zero attached hydrogens (tertiary/aromatic N) is 2. The van der Waals surface area contributed by atoms with Crippen LogP contribution in [0.25, 0.3) is 0 Å². The van der Waals surface area contributed by atoms with Gasteiger partial charge < -0.3 is 14.5 Å². The number of likely N-dealkylation sites (N-methyl/N-ethyl adjacent to an activating group) is 1. The molecule has 0 saturated carbocycles. The van der Waals surface area contributed by atoms with E-state index >= 15 is 0 Å². The molecule has 1 fully saturated rings. The first kappa shape index (κ1) is 15.1. The van der Waals surface area contributed by atoms with Crippen LogP contribution in [0.3, 0.4) is 0 Å². The smallest absolute Gasteiger partial charge is 0.306 e. The molecule has 1 aliphatic heterocycles. The Hall–Kier alpha value is -1.92. The summed E-state index contributed by atoms with van der Waals surface area (Å²) in [5.74, 6) is -1.14. The molecule has 0 aromatic rings. The first-order chi connectivity index (χ1) is 8.93. The number of hydrogen-bond acceptors (Lipinski definition) is 5. The zero-order valence-corrected chi connectivity index (χ0v) is 11.2. The minimum atomic E-state index is -0.434. The fraction of sp³-hybridized carbons (Fsp3) is 0.667. The van der Waals surface area contributed by atoms with Crippen molar-refractivity contribution < 1.29 is 23.9 Å². The molecule has 1 aliphatic rings. The molecule has 106 valence electrons. The summed E-state index contributed by atoms with van der Waals surface area (Å²) in [6, 6.07) is 0. The van der Waals surface area contributed by atoms with Crippen molar-refractivity contribution in [3.63, 3.8) is 0 Å². The largest absolute Gasteiger partial charge is 0.466 e. The molecule has 7 nitrogen and oxygen atoms in total. The third kappa shape index (κ3) is 4.69. The van der Waals surface area contributed by atoms with E-state index in [0.717, 1.165) is 0 Å². The molecule has 0 aliphatic carbocycles. The standard InChI is InChI=1S/C12H18N2O5/c1-3-19-12(18)5-4-9(15)6-14-8-10(16)13(2)7-11(14)17/h3-8H2,1-2H3. The molecule has 0 radical (unpaired) electrons. The van der Waals surface area contributed by atoms with E-state index in [2.05, 4.69) is 0 Å². The van der Waals surface area contributed by atoms with Gasteiger partial charge in [-0.15, -0.1) is 0 Å². The molecule has 1 rings (SSSR count). The van der Waals surface area contributed by atoms with Gasteiger partial charge in [0, 0.05) is 13.5 Å². The molecule has 19 heavy (non-hydrogen) atoms. The van der Waals surface area contributed by atoms with Gasteiger partial charge in [-0.25, -0.2) is 0 Å². The zero-order chi connectivity index (χ0) is 14.4. The molecule has 0 spiro atoms. The highest BCUT2D eigenvalue weighted by atomic mass is 16.5. The maximum Gasteiger partial charge on any atom is 0.306 e. The van der Waals surface area contributed by atoms with Gasteiger partial charge in [0.05, 0.1) is 26.1 Å². The lowest BCUT2D eigenvalue weighted by molar-refractivity contribution is -0.150. The number of piperazine rings is 1. The van der Waals surface area contributed by atoms with Crippen LogP contribution in [0.5, 0.6) is 0 Å². The molecule has 2 amide bonds. The fourth-order valence-corrected chi connectivity index (χ4v) is 1.67. The zero-order valence-electron chi connectivity index (χ0n) is 11.2. The lowest BCUT2D eigenvalue weighted by Gasteiger charge is -2.31. The number of rotatable bonds is 6. The Morgan fingerprint density at radius 2 is 1.84 bits per heavy atom. The van der Waals surface area contributed by atoms with Crippen LogP contribution in [0, 0.1) is 0 Å². The Balaban J connectivity index is 2.38. The van der Waals surface area contributed by atoms with Crippen molar-refractivity contribution in [2.75, 3.05) is 33.3 Å². The quantitative estimate of drug-likeness (QED) is 0.590. The summed E-state index contributed by atoms with van der Waals surface area (Å²) in [5, 5.41) is 0. The Labute approximate surface area is 111 Å². The highest BCUT2D eigenvalue weighted by Gasteiger charge is 2.28. The monoisotopic (exact) mass is 270 g/mol. The third-order valence-electron chi connectivity index (χ3n) is 2.76. The number of hydrogen-bond donors (Lipinski definition) is 0. The molecule has 0 aromatic carbocycles. The maximum atomic E-state index is 11.6. The first-order valence-corrected chi connectivity index (χ1v) is 6.13. The van der Waals surface area contributed by atoms with Gasteiger partial charge in [0.15, 0.2) is 5.78 Å². The lowest BCUT2D eigenvalue weighted by Crippen LogP contribution is -2.53. The van der Waals surface area contributed by atoms with E-state index < -0.39 is 5.97 Å². The Bertz CT molecular complexity index is 394. The van der Waals surface area contributed by atoms with Gasteiger partial charge in [-0.3, -0.25) is 19.2 Å². The number of ketones is 1. The number of ether oxygens (including phenoxy) is 1. The highest BCUT2D eigenvalue weighted by molar-refractivity contribution is 5.95. The van der Waals surface area contributed by atoms with E-state index in [1.54, 1.807) is 14.0 Å². The Kier molecular flexibility index (Phi) is 5.47. The predicted octanol–water partition coefficient (Wildman–Crippen LogP) is -0.801. The Morgan fingerprint density at radius 1 is 1.16 bits per heavy atom. The van der Waals surface area contributed by atoms with Crippen molar-refractivity contribution in [2.45, 2.75) is 19.8 Å². The van der Waals surface area contributed by atoms with Crippen molar-refractivity contribution in [3.8, 4) is 0 Å². The molecule has 0 N–H and O–H groups in total. The fourth-order valence-electron chi connectivity index (χ4n) is 1.67. The molecule has 1 heterocycles. The molecule has 1 saturated heterocycles. The average Bonchev–Trinajstić information content (AvgIpc) is 2.34. The van der Waals surface area contributed by atoms with E-state index in [1.807, 2.05) is 0 Å². The third-order valence-corrected chi connectivity index (χ3v) is 2.76. The van der Waals surface area contributed by atoms with Gasteiger partial charge in [-0.1, -0.05) is 0 Å². The second-order valence-electron chi connectivity index (χ2n) is 4.34. The average molecular weight is 270 g/mol. The lowest BCUT2D eigenvalue weighted by atomic mass is 10.2. The van der Waals surface area contributed by atoms with Crippen LogP contribution in [-0.2, 0) is 23.9 Å². The molecule has 7 heteroatoms. The second kappa shape index (κ2) is 6.86. The van der Waals surface area contributed by atoms with Crippen LogP contribution in [-0.4, -0.2) is 66.7 Å². The first-order valence-electron chi connectivity index (χ1n) is 6.13. The molecular weight excluding hydrogens is 252 g/mol. The van der Waals surface area contributed by atoms with Gasteiger partial charge in [-0.05, 0) is 6.92 Å². The minimum absolute atomic E-state index is 0.00253. The van der Waals surface area contributed by atoms with Crippen LogP contribution in [0.2, 0.25) is 0 Å². The Morgan fingerprint density at radius 3 is 2.47 bits per heavy atom. The summed E-state index contributed by atoms with van der Waals surface area (Å²) in [6.45, 7) is 1.75. The molecule has 0 unspecified atom stereocenters. The number of carbonyl (C=O) groups excluding carboxylic acids is 4. The summed E-state index contributed by atoms with van der Waals surface area (Å²) in [5.41, 5.74) is 0. The summed E-state index contributed by atoms with van der Waals surface area (Å²) < 4.78 is 4.70. The topological polar surface area (TPSA) is 84.0 Å². The SMILES string of the molecule is CCOC(=O)CCC(=O)CN1CC(=O)N(C)CC1=O. The van der Waals surface area contributed by atoms with E-state index in [4.69, 9.17) is 4.74 Å². The number of esters is 1. The van der Waals surface area contributed by atoms with Crippen LogP contribution < -0.4 is 0 Å². The minimum Gasteiger partial charge on any atom is -0.466 e. The van der Waals surface area contributed by atoms with Crippen LogP contribution in [0.4, 0.5) is 0 Å². The summed E-state index contributed by atoms with van der Waals surface area (Å²) in [7, 11) is 1.54.